The first-order chi connectivity index (χ1) is 14.1. The predicted molar refractivity (Wildman–Crippen MR) is 115 cm³/mol. The average Bonchev–Trinajstić information content (AvgIpc) is 3.17. The number of oxazole rings is 1. The molecule has 146 valence electrons. The topological polar surface area (TPSA) is 73.6 Å². The van der Waals surface area contributed by atoms with E-state index in [1.807, 2.05) is 42.5 Å². The second kappa shape index (κ2) is 7.97. The maximum Gasteiger partial charge on any atom is 0.255 e. The van der Waals surface area contributed by atoms with Gasteiger partial charge in [-0.25, -0.2) is 4.98 Å². The van der Waals surface area contributed by atoms with Crippen LogP contribution in [0.1, 0.15) is 10.4 Å². The molecule has 1 N–H and O–H groups in total. The third-order valence-corrected chi connectivity index (χ3v) is 5.00. The van der Waals surface area contributed by atoms with E-state index in [4.69, 9.17) is 13.9 Å². The van der Waals surface area contributed by atoms with Crippen molar-refractivity contribution in [1.29, 1.82) is 0 Å². The lowest BCUT2D eigenvalue weighted by Gasteiger charge is -2.08. The van der Waals surface area contributed by atoms with Gasteiger partial charge in [-0.05, 0) is 64.5 Å². The summed E-state index contributed by atoms with van der Waals surface area (Å²) in [5.74, 6) is 1.62. The molecule has 1 aromatic heterocycles. The number of nitrogens with one attached hydrogen (secondary N) is 1. The number of ether oxygens (including phenoxy) is 2. The molecule has 4 aromatic rings. The zero-order chi connectivity index (χ0) is 20.4. The molecule has 0 atom stereocenters. The molecule has 0 spiro atoms. The van der Waals surface area contributed by atoms with Gasteiger partial charge in [0.1, 0.15) is 17.0 Å². The molecule has 0 saturated carbocycles. The molecule has 4 rings (SSSR count). The van der Waals surface area contributed by atoms with Crippen LogP contribution in [0.2, 0.25) is 0 Å². The highest BCUT2D eigenvalue weighted by atomic mass is 79.9. The van der Waals surface area contributed by atoms with Gasteiger partial charge in [0.25, 0.3) is 5.91 Å². The number of aromatic nitrogens is 1. The fourth-order valence-corrected chi connectivity index (χ4v) is 3.44. The molecule has 0 aliphatic heterocycles. The van der Waals surface area contributed by atoms with E-state index < -0.39 is 0 Å². The Bertz CT molecular complexity index is 1200. The van der Waals surface area contributed by atoms with Crippen LogP contribution < -0.4 is 14.8 Å². The zero-order valence-corrected chi connectivity index (χ0v) is 17.3. The number of anilines is 1. The molecule has 0 aliphatic rings. The smallest absolute Gasteiger partial charge is 0.255 e. The van der Waals surface area contributed by atoms with Crippen molar-refractivity contribution < 1.29 is 18.7 Å². The number of amides is 1. The van der Waals surface area contributed by atoms with Crippen LogP contribution in [0.5, 0.6) is 11.5 Å². The summed E-state index contributed by atoms with van der Waals surface area (Å²) in [5.41, 5.74) is 3.28. The Morgan fingerprint density at radius 2 is 1.90 bits per heavy atom. The van der Waals surface area contributed by atoms with Crippen LogP contribution in [0.3, 0.4) is 0 Å². The SMILES string of the molecule is COc1ccc2oc(-c3cccc(NC(=O)c4ccc(OC)c(Br)c4)c3)nc2c1. The van der Waals surface area contributed by atoms with Gasteiger partial charge in [0, 0.05) is 22.9 Å². The van der Waals surface area contributed by atoms with Crippen LogP contribution in [0.25, 0.3) is 22.6 Å². The maximum absolute atomic E-state index is 12.6. The highest BCUT2D eigenvalue weighted by Gasteiger charge is 2.12. The fourth-order valence-electron chi connectivity index (χ4n) is 2.90. The van der Waals surface area contributed by atoms with Crippen LogP contribution in [-0.2, 0) is 0 Å². The highest BCUT2D eigenvalue weighted by Crippen LogP contribution is 2.29. The molecule has 0 unspecified atom stereocenters. The largest absolute Gasteiger partial charge is 0.497 e. The van der Waals surface area contributed by atoms with E-state index in [9.17, 15) is 4.79 Å². The number of halogens is 1. The average molecular weight is 453 g/mol. The minimum atomic E-state index is -0.229. The van der Waals surface area contributed by atoms with E-state index >= 15 is 0 Å². The van der Waals surface area contributed by atoms with Gasteiger partial charge in [-0.1, -0.05) is 6.07 Å². The molecule has 0 saturated heterocycles. The summed E-state index contributed by atoms with van der Waals surface area (Å²) < 4.78 is 17.0. The molecule has 3 aromatic carbocycles. The van der Waals surface area contributed by atoms with Crippen LogP contribution in [-0.4, -0.2) is 25.1 Å². The predicted octanol–water partition coefficient (Wildman–Crippen LogP) is 5.53. The van der Waals surface area contributed by atoms with Gasteiger partial charge >= 0.3 is 0 Å². The Labute approximate surface area is 175 Å². The number of benzene rings is 3. The number of fused-ring (bicyclic) bond motifs is 1. The lowest BCUT2D eigenvalue weighted by atomic mass is 10.1. The summed E-state index contributed by atoms with van der Waals surface area (Å²) in [6.45, 7) is 0. The van der Waals surface area contributed by atoms with E-state index in [1.165, 1.54) is 0 Å². The number of hydrogen-bond acceptors (Lipinski definition) is 5. The second-order valence-corrected chi connectivity index (χ2v) is 7.09. The Balaban J connectivity index is 1.59. The van der Waals surface area contributed by atoms with Gasteiger partial charge in [-0.15, -0.1) is 0 Å². The summed E-state index contributed by atoms with van der Waals surface area (Å²) >= 11 is 3.40. The van der Waals surface area contributed by atoms with Gasteiger partial charge in [0.05, 0.1) is 18.7 Å². The number of rotatable bonds is 5. The molecule has 0 bridgehead atoms. The second-order valence-electron chi connectivity index (χ2n) is 6.24. The van der Waals surface area contributed by atoms with Crippen molar-refractivity contribution in [3.05, 3.63) is 70.7 Å². The molecule has 1 amide bonds. The molecular formula is C22H17BrN2O4. The van der Waals surface area contributed by atoms with Gasteiger partial charge in [-0.2, -0.15) is 0 Å². The van der Waals surface area contributed by atoms with Crippen LogP contribution in [0.4, 0.5) is 5.69 Å². The van der Waals surface area contributed by atoms with E-state index in [2.05, 4.69) is 26.2 Å². The molecule has 1 heterocycles. The quantitative estimate of drug-likeness (QED) is 0.431. The number of nitrogens with zero attached hydrogens (tertiary/aromatic N) is 1. The molecule has 0 fully saturated rings. The minimum absolute atomic E-state index is 0.229. The Hall–Kier alpha value is -3.32. The molecular weight excluding hydrogens is 436 g/mol. The first kappa shape index (κ1) is 19.0. The van der Waals surface area contributed by atoms with Crippen LogP contribution >= 0.6 is 15.9 Å². The van der Waals surface area contributed by atoms with E-state index in [-0.39, 0.29) is 5.91 Å². The summed E-state index contributed by atoms with van der Waals surface area (Å²) in [6.07, 6.45) is 0. The number of carbonyl (C=O) groups is 1. The number of carbonyl (C=O) groups excluding carboxylic acids is 1. The van der Waals surface area contributed by atoms with Gasteiger partial charge in [-0.3, -0.25) is 4.79 Å². The van der Waals surface area contributed by atoms with Crippen molar-refractivity contribution in [2.75, 3.05) is 19.5 Å². The normalized spacial score (nSPS) is 10.7. The summed E-state index contributed by atoms with van der Waals surface area (Å²) in [4.78, 5) is 17.1. The standard InChI is InChI=1S/C22H17BrN2O4/c1-27-16-7-9-20-18(12-16)25-22(29-20)14-4-3-5-15(10-14)24-21(26)13-6-8-19(28-2)17(23)11-13/h3-12H,1-2H3,(H,24,26). The lowest BCUT2D eigenvalue weighted by molar-refractivity contribution is 0.102. The van der Waals surface area contributed by atoms with Gasteiger partial charge in [0.2, 0.25) is 5.89 Å². The first-order valence-electron chi connectivity index (χ1n) is 8.77. The summed E-state index contributed by atoms with van der Waals surface area (Å²) in [7, 11) is 3.18. The van der Waals surface area contributed by atoms with E-state index in [0.29, 0.717) is 44.2 Å². The zero-order valence-electron chi connectivity index (χ0n) is 15.7. The maximum atomic E-state index is 12.6. The molecule has 0 radical (unpaired) electrons. The van der Waals surface area contributed by atoms with Crippen molar-refractivity contribution in [3.63, 3.8) is 0 Å². The van der Waals surface area contributed by atoms with E-state index in [0.717, 1.165) is 5.56 Å². The Morgan fingerprint density at radius 1 is 1.03 bits per heavy atom. The van der Waals surface area contributed by atoms with Crippen LogP contribution in [0, 0.1) is 0 Å². The fraction of sp³-hybridized carbons (Fsp3) is 0.0909. The van der Waals surface area contributed by atoms with Crippen LogP contribution in [0.15, 0.2) is 69.6 Å². The molecule has 29 heavy (non-hydrogen) atoms. The highest BCUT2D eigenvalue weighted by molar-refractivity contribution is 9.10. The number of methoxy groups -OCH3 is 2. The summed E-state index contributed by atoms with van der Waals surface area (Å²) in [6, 6.07) is 18.0. The third-order valence-electron chi connectivity index (χ3n) is 4.38. The lowest BCUT2D eigenvalue weighted by Crippen LogP contribution is -2.11. The Morgan fingerprint density at radius 3 is 2.66 bits per heavy atom. The number of hydrogen-bond donors (Lipinski definition) is 1. The molecule has 6 nitrogen and oxygen atoms in total. The third kappa shape index (κ3) is 3.95. The van der Waals surface area contributed by atoms with Crippen molar-refractivity contribution in [3.8, 4) is 23.0 Å². The van der Waals surface area contributed by atoms with Crippen molar-refractivity contribution in [2.24, 2.45) is 0 Å². The van der Waals surface area contributed by atoms with Crippen molar-refractivity contribution >= 4 is 38.6 Å². The monoisotopic (exact) mass is 452 g/mol. The van der Waals surface area contributed by atoms with Crippen molar-refractivity contribution in [2.45, 2.75) is 0 Å². The first-order valence-corrected chi connectivity index (χ1v) is 9.56. The summed E-state index contributed by atoms with van der Waals surface area (Å²) in [5, 5.41) is 2.90. The van der Waals surface area contributed by atoms with E-state index in [1.54, 1.807) is 32.4 Å². The van der Waals surface area contributed by atoms with Gasteiger partial charge < -0.3 is 19.2 Å². The van der Waals surface area contributed by atoms with Gasteiger partial charge in [0.15, 0.2) is 5.58 Å². The van der Waals surface area contributed by atoms with Crippen molar-refractivity contribution in [1.82, 2.24) is 4.98 Å². The minimum Gasteiger partial charge on any atom is -0.497 e. The Kier molecular flexibility index (Phi) is 5.22. The molecule has 0 aliphatic carbocycles. The molecule has 7 heteroatoms.